The first-order chi connectivity index (χ1) is 9.81. The number of nitrogens with zero attached hydrogens (tertiary/aromatic N) is 3. The number of sulfonamides is 1. The molecule has 0 amide bonds. The number of hydrogen-bond acceptors (Lipinski definition) is 6. The maximum atomic E-state index is 13.4. The Morgan fingerprint density at radius 3 is 2.62 bits per heavy atom. The molecule has 0 bridgehead atoms. The molecule has 1 heterocycles. The average molecular weight is 312 g/mol. The molecule has 1 N–H and O–H groups in total. The van der Waals surface area contributed by atoms with Crippen LogP contribution < -0.4 is 4.72 Å². The Kier molecular flexibility index (Phi) is 3.80. The third kappa shape index (κ3) is 3.11. The van der Waals surface area contributed by atoms with Crippen LogP contribution in [0.3, 0.4) is 0 Å². The van der Waals surface area contributed by atoms with Gasteiger partial charge in [-0.05, 0) is 18.6 Å². The van der Waals surface area contributed by atoms with Gasteiger partial charge < -0.3 is 0 Å². The molecule has 0 spiro atoms. The van der Waals surface area contributed by atoms with E-state index in [0.717, 1.165) is 6.07 Å². The summed E-state index contributed by atoms with van der Waals surface area (Å²) < 4.78 is 39.9. The van der Waals surface area contributed by atoms with E-state index in [9.17, 15) is 22.9 Å². The molecule has 0 aliphatic carbocycles. The molecule has 0 saturated heterocycles. The molecular formula is C11H9FN4O4S. The molecule has 2 aromatic rings. The minimum atomic E-state index is -4.14. The number of nitro groups is 1. The molecule has 0 fully saturated rings. The van der Waals surface area contributed by atoms with Crippen molar-refractivity contribution in [3.05, 3.63) is 52.2 Å². The Bertz CT molecular complexity index is 795. The molecule has 10 heteroatoms. The summed E-state index contributed by atoms with van der Waals surface area (Å²) in [6.45, 7) is 1.33. The van der Waals surface area contributed by atoms with E-state index < -0.39 is 31.3 Å². The Morgan fingerprint density at radius 1 is 1.33 bits per heavy atom. The van der Waals surface area contributed by atoms with Crippen LogP contribution >= 0.6 is 0 Å². The highest BCUT2D eigenvalue weighted by Gasteiger charge is 2.24. The molecule has 21 heavy (non-hydrogen) atoms. The molecule has 0 aliphatic heterocycles. The van der Waals surface area contributed by atoms with E-state index in [1.807, 2.05) is 0 Å². The van der Waals surface area contributed by atoms with Crippen molar-refractivity contribution in [2.75, 3.05) is 4.72 Å². The maximum absolute atomic E-state index is 13.4. The molecule has 2 rings (SSSR count). The summed E-state index contributed by atoms with van der Waals surface area (Å²) >= 11 is 0. The molecule has 0 saturated carbocycles. The summed E-state index contributed by atoms with van der Waals surface area (Å²) in [6, 6.07) is 1.47. The standard InChI is InChI=1S/C11H9FN4O4S/c1-7-4-8(12)9(16(17)18)5-10(7)21(19,20)15-11-6-13-2-3-14-11/h2-6H,1H3,(H,14,15). The van der Waals surface area contributed by atoms with Crippen molar-refractivity contribution in [2.45, 2.75) is 11.8 Å². The Labute approximate surface area is 118 Å². The van der Waals surface area contributed by atoms with Crippen molar-refractivity contribution in [3.8, 4) is 0 Å². The van der Waals surface area contributed by atoms with Gasteiger partial charge in [0, 0.05) is 18.5 Å². The zero-order chi connectivity index (χ0) is 15.6. The van der Waals surface area contributed by atoms with Crippen LogP contribution in [-0.2, 0) is 10.0 Å². The summed E-state index contributed by atoms with van der Waals surface area (Å²) in [5.74, 6) is -1.15. The van der Waals surface area contributed by atoms with Gasteiger partial charge in [0.05, 0.1) is 16.0 Å². The first kappa shape index (κ1) is 14.8. The van der Waals surface area contributed by atoms with Crippen molar-refractivity contribution in [1.82, 2.24) is 9.97 Å². The first-order valence-electron chi connectivity index (χ1n) is 5.54. The number of aromatic nitrogens is 2. The van der Waals surface area contributed by atoms with Crippen LogP contribution in [-0.4, -0.2) is 23.3 Å². The van der Waals surface area contributed by atoms with Crippen LogP contribution in [0.1, 0.15) is 5.56 Å². The number of benzene rings is 1. The van der Waals surface area contributed by atoms with Crippen molar-refractivity contribution < 1.29 is 17.7 Å². The molecule has 1 aromatic heterocycles. The second kappa shape index (κ2) is 5.40. The summed E-state index contributed by atoms with van der Waals surface area (Å²) in [6.07, 6.45) is 3.80. The lowest BCUT2D eigenvalue weighted by Gasteiger charge is -2.09. The SMILES string of the molecule is Cc1cc(F)c([N+](=O)[O-])cc1S(=O)(=O)Nc1cnccn1. The van der Waals surface area contributed by atoms with Gasteiger partial charge in [0.1, 0.15) is 0 Å². The Balaban J connectivity index is 2.50. The summed E-state index contributed by atoms with van der Waals surface area (Å²) in [7, 11) is -4.14. The van der Waals surface area contributed by atoms with E-state index in [0.29, 0.717) is 6.07 Å². The van der Waals surface area contributed by atoms with Crippen LogP contribution in [0.15, 0.2) is 35.6 Å². The lowest BCUT2D eigenvalue weighted by atomic mass is 10.2. The number of hydrogen-bond donors (Lipinski definition) is 1. The zero-order valence-electron chi connectivity index (χ0n) is 10.6. The van der Waals surface area contributed by atoms with Gasteiger partial charge in [-0.1, -0.05) is 0 Å². The smallest absolute Gasteiger partial charge is 0.262 e. The second-order valence-corrected chi connectivity index (χ2v) is 5.67. The fourth-order valence-electron chi connectivity index (χ4n) is 1.62. The van der Waals surface area contributed by atoms with Crippen molar-refractivity contribution >= 4 is 21.5 Å². The van der Waals surface area contributed by atoms with Crippen LogP contribution in [0.4, 0.5) is 15.9 Å². The van der Waals surface area contributed by atoms with Gasteiger partial charge in [-0.15, -0.1) is 0 Å². The van der Waals surface area contributed by atoms with Gasteiger partial charge in [-0.2, -0.15) is 4.39 Å². The van der Waals surface area contributed by atoms with Crippen molar-refractivity contribution in [3.63, 3.8) is 0 Å². The van der Waals surface area contributed by atoms with Crippen molar-refractivity contribution in [2.24, 2.45) is 0 Å². The number of aryl methyl sites for hydroxylation is 1. The Hall–Kier alpha value is -2.62. The first-order valence-corrected chi connectivity index (χ1v) is 7.03. The highest BCUT2D eigenvalue weighted by molar-refractivity contribution is 7.92. The summed E-state index contributed by atoms with van der Waals surface area (Å²) in [5.41, 5.74) is -0.880. The summed E-state index contributed by atoms with van der Waals surface area (Å²) in [4.78, 5) is 16.7. The van der Waals surface area contributed by atoms with E-state index in [2.05, 4.69) is 14.7 Å². The molecule has 0 unspecified atom stereocenters. The van der Waals surface area contributed by atoms with Crippen molar-refractivity contribution in [1.29, 1.82) is 0 Å². The van der Waals surface area contributed by atoms with Gasteiger partial charge in [0.15, 0.2) is 5.82 Å². The predicted octanol–water partition coefficient (Wildman–Crippen LogP) is 1.63. The second-order valence-electron chi connectivity index (χ2n) is 4.02. The van der Waals surface area contributed by atoms with E-state index in [-0.39, 0.29) is 11.4 Å². The molecule has 0 aliphatic rings. The van der Waals surface area contributed by atoms with E-state index in [1.54, 1.807) is 0 Å². The zero-order valence-corrected chi connectivity index (χ0v) is 11.5. The largest absolute Gasteiger partial charge is 0.306 e. The molecular weight excluding hydrogens is 303 g/mol. The lowest BCUT2D eigenvalue weighted by Crippen LogP contribution is -2.16. The van der Waals surface area contributed by atoms with Gasteiger partial charge >= 0.3 is 5.69 Å². The fourth-order valence-corrected chi connectivity index (χ4v) is 2.86. The number of rotatable bonds is 4. The molecule has 0 radical (unpaired) electrons. The predicted molar refractivity (Wildman–Crippen MR) is 70.6 cm³/mol. The fraction of sp³-hybridized carbons (Fsp3) is 0.0909. The quantitative estimate of drug-likeness (QED) is 0.677. The van der Waals surface area contributed by atoms with E-state index in [4.69, 9.17) is 0 Å². The van der Waals surface area contributed by atoms with Gasteiger partial charge in [0.2, 0.25) is 5.82 Å². The molecule has 110 valence electrons. The number of nitrogens with one attached hydrogen (secondary N) is 1. The number of anilines is 1. The normalized spacial score (nSPS) is 11.1. The minimum Gasteiger partial charge on any atom is -0.262 e. The minimum absolute atomic E-state index is 0.0366. The maximum Gasteiger partial charge on any atom is 0.306 e. The van der Waals surface area contributed by atoms with Gasteiger partial charge in [-0.3, -0.25) is 19.8 Å². The molecule has 1 aromatic carbocycles. The topological polar surface area (TPSA) is 115 Å². The van der Waals surface area contributed by atoms with Crippen LogP contribution in [0.2, 0.25) is 0 Å². The monoisotopic (exact) mass is 312 g/mol. The van der Waals surface area contributed by atoms with Gasteiger partial charge in [0.25, 0.3) is 10.0 Å². The van der Waals surface area contributed by atoms with Gasteiger partial charge in [-0.25, -0.2) is 13.4 Å². The van der Waals surface area contributed by atoms with Crippen LogP contribution in [0, 0.1) is 22.9 Å². The highest BCUT2D eigenvalue weighted by atomic mass is 32.2. The summed E-state index contributed by atoms with van der Waals surface area (Å²) in [5, 5.41) is 10.7. The van der Waals surface area contributed by atoms with E-state index in [1.165, 1.54) is 25.5 Å². The molecule has 8 nitrogen and oxygen atoms in total. The average Bonchev–Trinajstić information content (AvgIpc) is 2.38. The van der Waals surface area contributed by atoms with Crippen LogP contribution in [0.5, 0.6) is 0 Å². The Morgan fingerprint density at radius 2 is 2.05 bits per heavy atom. The van der Waals surface area contributed by atoms with Crippen LogP contribution in [0.25, 0.3) is 0 Å². The lowest BCUT2D eigenvalue weighted by molar-refractivity contribution is -0.387. The number of nitro benzene ring substituents is 1. The third-order valence-corrected chi connectivity index (χ3v) is 4.03. The molecule has 0 atom stereocenters. The number of halogens is 1. The van der Waals surface area contributed by atoms with E-state index >= 15 is 0 Å². The highest BCUT2D eigenvalue weighted by Crippen LogP contribution is 2.26. The third-order valence-electron chi connectivity index (χ3n) is 2.53.